The van der Waals surface area contributed by atoms with E-state index < -0.39 is 0 Å². The van der Waals surface area contributed by atoms with Crippen LogP contribution < -0.4 is 21.2 Å². The van der Waals surface area contributed by atoms with Crippen LogP contribution in [0.5, 0.6) is 11.5 Å². The van der Waals surface area contributed by atoms with Gasteiger partial charge in [0.1, 0.15) is 11.5 Å². The number of carbonyl (C=O) groups is 2. The van der Waals surface area contributed by atoms with E-state index in [0.29, 0.717) is 47.3 Å². The highest BCUT2D eigenvalue weighted by Crippen LogP contribution is 2.30. The zero-order valence-corrected chi connectivity index (χ0v) is 25.2. The number of benzene rings is 3. The van der Waals surface area contributed by atoms with Gasteiger partial charge in [-0.15, -0.1) is 0 Å². The van der Waals surface area contributed by atoms with Gasteiger partial charge < -0.3 is 20.3 Å². The predicted octanol–water partition coefficient (Wildman–Crippen LogP) is 2.88. The second-order valence-corrected chi connectivity index (χ2v) is 11.9. The van der Waals surface area contributed by atoms with Crippen LogP contribution in [0.2, 0.25) is 0 Å². The minimum Gasteiger partial charge on any atom is -0.457 e. The Morgan fingerprint density at radius 1 is 0.932 bits per heavy atom. The summed E-state index contributed by atoms with van der Waals surface area (Å²) in [6.45, 7) is 4.92. The summed E-state index contributed by atoms with van der Waals surface area (Å²) >= 11 is 0. The number of hydrogen-bond donors (Lipinski definition) is 3. The Labute approximate surface area is 258 Å². The number of urea groups is 1. The number of nitrogens with two attached hydrogens (primary N) is 2. The van der Waals surface area contributed by atoms with Gasteiger partial charge in [-0.25, -0.2) is 14.6 Å². The summed E-state index contributed by atoms with van der Waals surface area (Å²) < 4.78 is 5.89. The number of amides is 3. The molecule has 3 aliphatic rings. The first-order valence-electron chi connectivity index (χ1n) is 15.5. The highest BCUT2D eigenvalue weighted by Gasteiger charge is 2.44. The van der Waals surface area contributed by atoms with Gasteiger partial charge in [-0.1, -0.05) is 61.5 Å². The van der Waals surface area contributed by atoms with Crippen molar-refractivity contribution in [3.8, 4) is 11.5 Å². The minimum absolute atomic E-state index is 0.0211. The van der Waals surface area contributed by atoms with Gasteiger partial charge in [0.25, 0.3) is 5.84 Å². The molecule has 9 nitrogen and oxygen atoms in total. The summed E-state index contributed by atoms with van der Waals surface area (Å²) in [5.74, 6) is 1.00. The molecule has 3 amide bonds. The Morgan fingerprint density at radius 3 is 2.41 bits per heavy atom. The van der Waals surface area contributed by atoms with Crippen molar-refractivity contribution in [1.29, 1.82) is 0 Å². The largest absolute Gasteiger partial charge is 0.457 e. The van der Waals surface area contributed by atoms with Gasteiger partial charge >= 0.3 is 11.9 Å². The third kappa shape index (κ3) is 6.19. The fourth-order valence-electron chi connectivity index (χ4n) is 6.77. The van der Waals surface area contributed by atoms with E-state index in [9.17, 15) is 9.59 Å². The maximum Gasteiger partial charge on any atom is 0.339 e. The van der Waals surface area contributed by atoms with Crippen molar-refractivity contribution in [2.45, 2.75) is 50.7 Å². The highest BCUT2D eigenvalue weighted by molar-refractivity contribution is 6.00. The lowest BCUT2D eigenvalue weighted by Crippen LogP contribution is -2.80. The molecule has 6 rings (SSSR count). The zero-order chi connectivity index (χ0) is 30.6. The number of para-hydroxylation sites is 1. The number of rotatable bonds is 7. The lowest BCUT2D eigenvalue weighted by atomic mass is 10.00. The summed E-state index contributed by atoms with van der Waals surface area (Å²) in [4.78, 5) is 36.8. The molecule has 0 bridgehead atoms. The van der Waals surface area contributed by atoms with E-state index in [4.69, 9.17) is 16.2 Å². The molecular weight excluding hydrogens is 552 g/mol. The van der Waals surface area contributed by atoms with E-state index in [0.717, 1.165) is 32.4 Å². The van der Waals surface area contributed by atoms with Gasteiger partial charge in [0, 0.05) is 24.8 Å². The minimum atomic E-state index is -0.376. The molecule has 2 fully saturated rings. The molecule has 3 atom stereocenters. The summed E-state index contributed by atoms with van der Waals surface area (Å²) in [7, 11) is 0. The number of ether oxygens (including phenoxy) is 1. The molecule has 9 heteroatoms. The van der Waals surface area contributed by atoms with Crippen molar-refractivity contribution in [3.63, 3.8) is 0 Å². The van der Waals surface area contributed by atoms with Crippen LogP contribution in [-0.4, -0.2) is 76.8 Å². The standard InChI is InChI=1S/C35H40N6O3/c1-2-31-32(36)30(33(37)38-34(42)25-13-9-17-29(20-25)44-28-15-7-4-8-16-28)23-41(31)35(43)40-22-26-14-10-18-39(26)21-27(40)19-24-11-5-3-6-12-24/h3-9,11-13,15-17,20,26-27,31H,2,10,14,18-19,21-23,36H2,1H3,(H2,37,38,42)/p+1/t26-,27-,31+/m0/s1. The van der Waals surface area contributed by atoms with Crippen LogP contribution in [0.4, 0.5) is 4.79 Å². The maximum absolute atomic E-state index is 14.3. The molecule has 44 heavy (non-hydrogen) atoms. The number of nitrogens with one attached hydrogen (secondary N) is 1. The summed E-state index contributed by atoms with van der Waals surface area (Å²) in [6, 6.07) is 26.8. The van der Waals surface area contributed by atoms with Crippen LogP contribution in [0.3, 0.4) is 0 Å². The third-order valence-corrected chi connectivity index (χ3v) is 9.05. The number of amidine groups is 1. The zero-order valence-electron chi connectivity index (χ0n) is 25.2. The number of carbonyl (C=O) groups excluding carboxylic acids is 2. The fraction of sp³-hybridized carbons (Fsp3) is 0.343. The van der Waals surface area contributed by atoms with Crippen molar-refractivity contribution in [3.05, 3.63) is 107 Å². The predicted molar refractivity (Wildman–Crippen MR) is 170 cm³/mol. The normalized spacial score (nSPS) is 22.3. The van der Waals surface area contributed by atoms with Crippen molar-refractivity contribution >= 4 is 17.8 Å². The monoisotopic (exact) mass is 593 g/mol. The number of piperazine rings is 1. The number of fused-ring (bicyclic) bond motifs is 1. The molecule has 3 aromatic carbocycles. The van der Waals surface area contributed by atoms with Gasteiger partial charge in [-0.3, -0.25) is 10.6 Å². The third-order valence-electron chi connectivity index (χ3n) is 9.05. The molecule has 2 saturated heterocycles. The number of nitrogens with zero attached hydrogens (tertiary/aromatic N) is 3. The topological polar surface area (TPSA) is 119 Å². The average molecular weight is 594 g/mol. The second-order valence-electron chi connectivity index (χ2n) is 11.9. The Kier molecular flexibility index (Phi) is 8.65. The summed E-state index contributed by atoms with van der Waals surface area (Å²) in [5.41, 5.74) is 15.9. The Balaban J connectivity index is 1.19. The first-order valence-corrected chi connectivity index (χ1v) is 15.5. The number of hydrogen-bond acceptors (Lipinski definition) is 5. The first-order chi connectivity index (χ1) is 21.4. The van der Waals surface area contributed by atoms with Crippen molar-refractivity contribution in [1.82, 2.24) is 14.7 Å². The molecule has 0 aliphatic carbocycles. The molecule has 0 aromatic heterocycles. The quantitative estimate of drug-likeness (QED) is 0.286. The smallest absolute Gasteiger partial charge is 0.339 e. The molecule has 0 spiro atoms. The van der Waals surface area contributed by atoms with Crippen LogP contribution in [0, 0.1) is 0 Å². The molecule has 3 aliphatic heterocycles. The average Bonchev–Trinajstić information content (AvgIpc) is 3.64. The van der Waals surface area contributed by atoms with E-state index in [1.165, 1.54) is 5.56 Å². The molecule has 3 heterocycles. The summed E-state index contributed by atoms with van der Waals surface area (Å²) in [5, 5.41) is 0. The van der Waals surface area contributed by atoms with Crippen LogP contribution >= 0.6 is 0 Å². The van der Waals surface area contributed by atoms with Crippen LogP contribution in [0.25, 0.3) is 0 Å². The van der Waals surface area contributed by atoms with Gasteiger partial charge in [-0.05, 0) is 68.1 Å². The van der Waals surface area contributed by atoms with E-state index >= 15 is 0 Å². The fourth-order valence-corrected chi connectivity index (χ4v) is 6.77. The first kappa shape index (κ1) is 29.4. The highest BCUT2D eigenvalue weighted by atomic mass is 16.5. The van der Waals surface area contributed by atoms with Crippen molar-refractivity contribution in [2.24, 2.45) is 11.5 Å². The van der Waals surface area contributed by atoms with Gasteiger partial charge in [0.2, 0.25) is 0 Å². The van der Waals surface area contributed by atoms with Gasteiger partial charge in [-0.2, -0.15) is 0 Å². The van der Waals surface area contributed by atoms with E-state index in [1.807, 2.05) is 60.4 Å². The molecule has 0 unspecified atom stereocenters. The Hall–Kier alpha value is -4.63. The molecule has 0 radical (unpaired) electrons. The van der Waals surface area contributed by atoms with Gasteiger partial charge in [0.05, 0.1) is 29.8 Å². The molecular formula is C35H41N6O3+. The molecule has 5 N–H and O–H groups in total. The van der Waals surface area contributed by atoms with E-state index in [-0.39, 0.29) is 36.4 Å². The van der Waals surface area contributed by atoms with Crippen LogP contribution in [0.1, 0.15) is 42.1 Å². The maximum atomic E-state index is 14.3. The lowest BCUT2D eigenvalue weighted by molar-refractivity contribution is -0.345. The van der Waals surface area contributed by atoms with E-state index in [1.54, 1.807) is 24.3 Å². The lowest BCUT2D eigenvalue weighted by Gasteiger charge is -2.45. The van der Waals surface area contributed by atoms with Crippen LogP contribution in [-0.2, 0) is 6.42 Å². The van der Waals surface area contributed by atoms with Crippen LogP contribution in [0.15, 0.2) is 96.2 Å². The second kappa shape index (κ2) is 12.9. The van der Waals surface area contributed by atoms with Gasteiger partial charge in [0.15, 0.2) is 0 Å². The summed E-state index contributed by atoms with van der Waals surface area (Å²) in [6.07, 6.45) is 3.72. The molecule has 228 valence electrons. The molecule has 0 saturated carbocycles. The van der Waals surface area contributed by atoms with E-state index in [2.05, 4.69) is 26.9 Å². The SMILES string of the molecule is CC[C@@H]1C(N)=C(C(N)=[NH+]C(=O)c2cccc(Oc3ccccc3)c2)CN1C(=O)N1C[C@@H]2CCCN2C[C@@H]1Cc1ccccc1. The van der Waals surface area contributed by atoms with Crippen molar-refractivity contribution in [2.75, 3.05) is 26.2 Å². The van der Waals surface area contributed by atoms with Crippen molar-refractivity contribution < 1.29 is 19.3 Å². The Morgan fingerprint density at radius 2 is 1.66 bits per heavy atom. The molecule has 3 aromatic rings. The Bertz CT molecular complexity index is 1560.